The second-order valence-corrected chi connectivity index (χ2v) is 4.15. The summed E-state index contributed by atoms with van der Waals surface area (Å²) in [5.41, 5.74) is 1.73. The summed E-state index contributed by atoms with van der Waals surface area (Å²) in [5.74, 6) is 0.0602. The van der Waals surface area contributed by atoms with Crippen LogP contribution in [-0.4, -0.2) is 5.78 Å². The number of hydrogen-bond acceptors (Lipinski definition) is 1. The highest BCUT2D eigenvalue weighted by atomic mass is 127. The number of ketones is 1. The Labute approximate surface area is 90.3 Å². The van der Waals surface area contributed by atoms with Gasteiger partial charge in [-0.15, -0.1) is 0 Å². The predicted octanol–water partition coefficient (Wildman–Crippen LogP) is 3.46. The van der Waals surface area contributed by atoms with Crippen LogP contribution >= 0.6 is 34.2 Å². The van der Waals surface area contributed by atoms with E-state index in [9.17, 15) is 4.79 Å². The molecule has 0 aromatic heterocycles. The van der Waals surface area contributed by atoms with Crippen molar-refractivity contribution >= 4 is 40.0 Å². The molecule has 0 saturated heterocycles. The molecule has 1 aromatic rings. The van der Waals surface area contributed by atoms with E-state index in [2.05, 4.69) is 22.6 Å². The summed E-state index contributed by atoms with van der Waals surface area (Å²) in [6.45, 7) is 3.47. The molecule has 1 aromatic carbocycles. The Morgan fingerprint density at radius 1 is 1.50 bits per heavy atom. The fourth-order valence-electron chi connectivity index (χ4n) is 0.981. The maximum atomic E-state index is 11.1. The van der Waals surface area contributed by atoms with Crippen LogP contribution in [0.4, 0.5) is 0 Å². The summed E-state index contributed by atoms with van der Waals surface area (Å²) in [6.07, 6.45) is 0. The second kappa shape index (κ2) is 3.75. The van der Waals surface area contributed by atoms with E-state index < -0.39 is 0 Å². The lowest BCUT2D eigenvalue weighted by molar-refractivity contribution is 0.101. The van der Waals surface area contributed by atoms with Crippen LogP contribution in [-0.2, 0) is 0 Å². The molecule has 3 heteroatoms. The van der Waals surface area contributed by atoms with E-state index in [-0.39, 0.29) is 5.78 Å². The third kappa shape index (κ3) is 1.98. The lowest BCUT2D eigenvalue weighted by atomic mass is 10.1. The van der Waals surface area contributed by atoms with Crippen molar-refractivity contribution in [3.05, 3.63) is 31.9 Å². The molecule has 0 N–H and O–H groups in total. The minimum Gasteiger partial charge on any atom is -0.294 e. The van der Waals surface area contributed by atoms with Crippen LogP contribution in [0.5, 0.6) is 0 Å². The number of aryl methyl sites for hydroxylation is 1. The molecule has 0 saturated carbocycles. The van der Waals surface area contributed by atoms with E-state index in [1.807, 2.05) is 19.1 Å². The highest BCUT2D eigenvalue weighted by Crippen LogP contribution is 2.24. The van der Waals surface area contributed by atoms with Crippen molar-refractivity contribution in [3.63, 3.8) is 0 Å². The van der Waals surface area contributed by atoms with Gasteiger partial charge in [0.25, 0.3) is 0 Å². The maximum absolute atomic E-state index is 11.1. The summed E-state index contributed by atoms with van der Waals surface area (Å²) in [4.78, 5) is 11.1. The summed E-state index contributed by atoms with van der Waals surface area (Å²) < 4.78 is 0.840. The van der Waals surface area contributed by atoms with Crippen molar-refractivity contribution in [1.82, 2.24) is 0 Å². The Balaban J connectivity index is 3.37. The molecule has 1 nitrogen and oxygen atoms in total. The zero-order valence-corrected chi connectivity index (χ0v) is 9.73. The molecular formula is C9H8ClIO. The van der Waals surface area contributed by atoms with Crippen molar-refractivity contribution in [2.24, 2.45) is 0 Å². The third-order valence-corrected chi connectivity index (χ3v) is 3.33. The van der Waals surface area contributed by atoms with Crippen LogP contribution in [0.2, 0.25) is 5.02 Å². The van der Waals surface area contributed by atoms with Gasteiger partial charge in [-0.1, -0.05) is 11.6 Å². The van der Waals surface area contributed by atoms with Gasteiger partial charge in [-0.05, 0) is 54.1 Å². The summed E-state index contributed by atoms with van der Waals surface area (Å²) in [6, 6.07) is 3.71. The number of rotatable bonds is 1. The fraction of sp³-hybridized carbons (Fsp3) is 0.222. The van der Waals surface area contributed by atoms with Crippen LogP contribution in [0.1, 0.15) is 22.8 Å². The molecule has 0 fully saturated rings. The molecule has 0 aliphatic rings. The topological polar surface area (TPSA) is 17.1 Å². The van der Waals surface area contributed by atoms with Gasteiger partial charge in [0, 0.05) is 9.13 Å². The van der Waals surface area contributed by atoms with Crippen LogP contribution in [0, 0.1) is 10.5 Å². The third-order valence-electron chi connectivity index (χ3n) is 1.55. The molecule has 0 amide bonds. The number of carbonyl (C=O) groups is 1. The second-order valence-electron chi connectivity index (χ2n) is 2.66. The average molecular weight is 295 g/mol. The van der Waals surface area contributed by atoms with Gasteiger partial charge >= 0.3 is 0 Å². The van der Waals surface area contributed by atoms with E-state index in [0.717, 1.165) is 9.13 Å². The Kier molecular flexibility index (Phi) is 3.12. The highest BCUT2D eigenvalue weighted by Gasteiger charge is 2.08. The molecule has 0 heterocycles. The standard InChI is InChI=1S/C9H8ClIO/c1-5-3-7(6(2)12)9(11)8(10)4-5/h3-4H,1-2H3. The van der Waals surface area contributed by atoms with E-state index in [1.165, 1.54) is 0 Å². The summed E-state index contributed by atoms with van der Waals surface area (Å²) in [5, 5.41) is 0.654. The van der Waals surface area contributed by atoms with Crippen LogP contribution < -0.4 is 0 Å². The molecule has 1 rings (SSSR count). The maximum Gasteiger partial charge on any atom is 0.160 e. The monoisotopic (exact) mass is 294 g/mol. The van der Waals surface area contributed by atoms with E-state index >= 15 is 0 Å². The van der Waals surface area contributed by atoms with Crippen molar-refractivity contribution < 1.29 is 4.79 Å². The Bertz CT molecular complexity index is 334. The van der Waals surface area contributed by atoms with Gasteiger partial charge in [-0.25, -0.2) is 0 Å². The van der Waals surface area contributed by atoms with Crippen molar-refractivity contribution in [1.29, 1.82) is 0 Å². The van der Waals surface area contributed by atoms with Crippen LogP contribution in [0.25, 0.3) is 0 Å². The van der Waals surface area contributed by atoms with Gasteiger partial charge < -0.3 is 0 Å². The lowest BCUT2D eigenvalue weighted by Gasteiger charge is -2.03. The first-order valence-electron chi connectivity index (χ1n) is 3.49. The number of hydrogen-bond donors (Lipinski definition) is 0. The molecule has 0 radical (unpaired) electrons. The number of benzene rings is 1. The van der Waals surface area contributed by atoms with E-state index in [4.69, 9.17) is 11.6 Å². The molecule has 0 spiro atoms. The van der Waals surface area contributed by atoms with Gasteiger partial charge in [-0.3, -0.25) is 4.79 Å². The molecular weight excluding hydrogens is 286 g/mol. The minimum atomic E-state index is 0.0602. The van der Waals surface area contributed by atoms with Gasteiger partial charge in [0.1, 0.15) is 0 Å². The molecule has 0 aliphatic heterocycles. The number of carbonyl (C=O) groups excluding carboxylic acids is 1. The predicted molar refractivity (Wildman–Crippen MR) is 58.9 cm³/mol. The lowest BCUT2D eigenvalue weighted by Crippen LogP contribution is -1.97. The SMILES string of the molecule is CC(=O)c1cc(C)cc(Cl)c1I. The first-order chi connectivity index (χ1) is 5.52. The zero-order chi connectivity index (χ0) is 9.30. The summed E-state index contributed by atoms with van der Waals surface area (Å²) >= 11 is 7.99. The number of Topliss-reactive ketones (excluding diaryl/α,β-unsaturated/α-hetero) is 1. The van der Waals surface area contributed by atoms with E-state index in [1.54, 1.807) is 6.92 Å². The molecule has 0 atom stereocenters. The quantitative estimate of drug-likeness (QED) is 0.573. The molecule has 0 aliphatic carbocycles. The number of halogens is 2. The first kappa shape index (κ1) is 9.99. The Morgan fingerprint density at radius 3 is 2.58 bits per heavy atom. The van der Waals surface area contributed by atoms with Crippen LogP contribution in [0.3, 0.4) is 0 Å². The molecule has 12 heavy (non-hydrogen) atoms. The Hall–Kier alpha value is -0.0900. The van der Waals surface area contributed by atoms with E-state index in [0.29, 0.717) is 10.6 Å². The largest absolute Gasteiger partial charge is 0.294 e. The highest BCUT2D eigenvalue weighted by molar-refractivity contribution is 14.1. The zero-order valence-electron chi connectivity index (χ0n) is 6.82. The van der Waals surface area contributed by atoms with Gasteiger partial charge in [0.15, 0.2) is 5.78 Å². The Morgan fingerprint density at radius 2 is 2.08 bits per heavy atom. The smallest absolute Gasteiger partial charge is 0.160 e. The van der Waals surface area contributed by atoms with Gasteiger partial charge in [-0.2, -0.15) is 0 Å². The van der Waals surface area contributed by atoms with Crippen molar-refractivity contribution in [3.8, 4) is 0 Å². The van der Waals surface area contributed by atoms with Crippen molar-refractivity contribution in [2.75, 3.05) is 0 Å². The molecule has 64 valence electrons. The fourth-order valence-corrected chi connectivity index (χ4v) is 1.95. The summed E-state index contributed by atoms with van der Waals surface area (Å²) in [7, 11) is 0. The van der Waals surface area contributed by atoms with Gasteiger partial charge in [0.2, 0.25) is 0 Å². The van der Waals surface area contributed by atoms with Crippen LogP contribution in [0.15, 0.2) is 12.1 Å². The molecule has 0 bridgehead atoms. The minimum absolute atomic E-state index is 0.0602. The first-order valence-corrected chi connectivity index (χ1v) is 4.94. The molecule has 0 unspecified atom stereocenters. The normalized spacial score (nSPS) is 10.0. The average Bonchev–Trinajstić information content (AvgIpc) is 1.96. The van der Waals surface area contributed by atoms with Gasteiger partial charge in [0.05, 0.1) is 5.02 Å². The van der Waals surface area contributed by atoms with Crippen molar-refractivity contribution in [2.45, 2.75) is 13.8 Å².